The highest BCUT2D eigenvalue weighted by Gasteiger charge is 2.34. The van der Waals surface area contributed by atoms with E-state index in [1.165, 1.54) is 38.8 Å². The Bertz CT molecular complexity index is 983. The normalized spacial score (nSPS) is 18.2. The van der Waals surface area contributed by atoms with Crippen LogP contribution in [0.4, 0.5) is 29.1 Å². The summed E-state index contributed by atoms with van der Waals surface area (Å²) in [7, 11) is 0. The van der Waals surface area contributed by atoms with Crippen LogP contribution in [0, 0.1) is 11.7 Å². The molecule has 2 fully saturated rings. The molecule has 0 atom stereocenters. The monoisotopic (exact) mass is 478 g/mol. The van der Waals surface area contributed by atoms with Gasteiger partial charge in [-0.1, -0.05) is 6.42 Å². The Morgan fingerprint density at radius 2 is 1.79 bits per heavy atom. The number of carbonyl (C=O) groups is 1. The number of pyridine rings is 1. The van der Waals surface area contributed by atoms with Crippen molar-refractivity contribution in [1.29, 1.82) is 0 Å². The fourth-order valence-corrected chi connectivity index (χ4v) is 4.81. The fourth-order valence-electron chi connectivity index (χ4n) is 4.81. The Kier molecular flexibility index (Phi) is 7.70. The van der Waals surface area contributed by atoms with Crippen LogP contribution in [-0.4, -0.2) is 48.5 Å². The summed E-state index contributed by atoms with van der Waals surface area (Å²) in [5.74, 6) is -0.895. The maximum atomic E-state index is 13.6. The Morgan fingerprint density at radius 3 is 2.50 bits per heavy atom. The van der Waals surface area contributed by atoms with E-state index in [1.807, 2.05) is 0 Å². The molecule has 2 aliphatic rings. The van der Waals surface area contributed by atoms with E-state index >= 15 is 0 Å². The number of halogens is 4. The van der Waals surface area contributed by atoms with Crippen LogP contribution in [0.25, 0.3) is 0 Å². The molecule has 4 rings (SSSR count). The highest BCUT2D eigenvalue weighted by molar-refractivity contribution is 6.05. The van der Waals surface area contributed by atoms with Gasteiger partial charge >= 0.3 is 6.18 Å². The van der Waals surface area contributed by atoms with Crippen molar-refractivity contribution < 1.29 is 22.4 Å². The molecule has 5 nitrogen and oxygen atoms in total. The lowest BCUT2D eigenvalue weighted by Crippen LogP contribution is -2.37. The molecule has 184 valence electrons. The molecule has 0 saturated carbocycles. The first-order valence-electron chi connectivity index (χ1n) is 11.9. The minimum absolute atomic E-state index is 0.264. The predicted molar refractivity (Wildman–Crippen MR) is 123 cm³/mol. The zero-order chi connectivity index (χ0) is 24.1. The Balaban J connectivity index is 1.37. The van der Waals surface area contributed by atoms with Crippen molar-refractivity contribution in [1.82, 2.24) is 9.88 Å². The summed E-state index contributed by atoms with van der Waals surface area (Å²) in [6.07, 6.45) is 3.93. The molecule has 34 heavy (non-hydrogen) atoms. The summed E-state index contributed by atoms with van der Waals surface area (Å²) in [6.45, 7) is 5.16. The van der Waals surface area contributed by atoms with Gasteiger partial charge in [-0.25, -0.2) is 9.37 Å². The molecule has 2 saturated heterocycles. The molecular formula is C25H30F4N4O. The predicted octanol–water partition coefficient (Wildman–Crippen LogP) is 5.58. The quantitative estimate of drug-likeness (QED) is 0.551. The summed E-state index contributed by atoms with van der Waals surface area (Å²) in [6, 6.07) is 5.59. The third-order valence-electron chi connectivity index (χ3n) is 6.79. The third-order valence-corrected chi connectivity index (χ3v) is 6.79. The van der Waals surface area contributed by atoms with E-state index in [4.69, 9.17) is 0 Å². The number of aromatic nitrogens is 1. The molecule has 0 aliphatic carbocycles. The number of piperidine rings is 2. The fraction of sp³-hybridized carbons (Fsp3) is 0.520. The van der Waals surface area contributed by atoms with E-state index < -0.39 is 23.5 Å². The number of rotatable bonds is 6. The lowest BCUT2D eigenvalue weighted by Gasteiger charge is -2.35. The van der Waals surface area contributed by atoms with Gasteiger partial charge in [0.25, 0.3) is 5.91 Å². The average molecular weight is 479 g/mol. The van der Waals surface area contributed by atoms with Gasteiger partial charge in [-0.15, -0.1) is 0 Å². The van der Waals surface area contributed by atoms with Crippen LogP contribution in [0.3, 0.4) is 0 Å². The number of carbonyl (C=O) groups excluding carboxylic acids is 1. The van der Waals surface area contributed by atoms with Gasteiger partial charge in [0.15, 0.2) is 5.82 Å². The highest BCUT2D eigenvalue weighted by atomic mass is 19.4. The van der Waals surface area contributed by atoms with Crippen molar-refractivity contribution >= 4 is 17.4 Å². The van der Waals surface area contributed by atoms with Crippen LogP contribution in [0.5, 0.6) is 0 Å². The number of nitrogens with one attached hydrogen (secondary N) is 1. The lowest BCUT2D eigenvalue weighted by molar-refractivity contribution is -0.140. The summed E-state index contributed by atoms with van der Waals surface area (Å²) < 4.78 is 52.7. The van der Waals surface area contributed by atoms with Crippen LogP contribution in [0.15, 0.2) is 36.5 Å². The van der Waals surface area contributed by atoms with Crippen molar-refractivity contribution in [2.75, 3.05) is 42.9 Å². The Hall–Kier alpha value is -2.68. The van der Waals surface area contributed by atoms with Crippen LogP contribution in [0.2, 0.25) is 0 Å². The van der Waals surface area contributed by atoms with E-state index in [1.54, 1.807) is 18.3 Å². The van der Waals surface area contributed by atoms with Crippen molar-refractivity contribution in [3.8, 4) is 0 Å². The molecule has 3 heterocycles. The average Bonchev–Trinajstić information content (AvgIpc) is 2.83. The minimum Gasteiger partial charge on any atom is -0.355 e. The molecule has 0 bridgehead atoms. The van der Waals surface area contributed by atoms with Crippen LogP contribution in [0.1, 0.15) is 54.4 Å². The molecule has 2 aliphatic heterocycles. The van der Waals surface area contributed by atoms with Crippen LogP contribution < -0.4 is 10.2 Å². The molecule has 1 amide bonds. The van der Waals surface area contributed by atoms with Gasteiger partial charge in [-0.05, 0) is 88.0 Å². The van der Waals surface area contributed by atoms with E-state index in [9.17, 15) is 22.4 Å². The van der Waals surface area contributed by atoms with E-state index in [0.717, 1.165) is 38.5 Å². The SMILES string of the molecule is O=C(Nc1cccnc1N1CCC(CCN2CCCCC2)CC1)c1ccc(F)c(C(F)(F)F)c1. The topological polar surface area (TPSA) is 48.5 Å². The van der Waals surface area contributed by atoms with Gasteiger partial charge in [0.2, 0.25) is 0 Å². The van der Waals surface area contributed by atoms with Crippen molar-refractivity contribution in [2.45, 2.75) is 44.7 Å². The molecule has 1 aromatic carbocycles. The van der Waals surface area contributed by atoms with Gasteiger partial charge in [-0.2, -0.15) is 13.2 Å². The molecular weight excluding hydrogens is 448 g/mol. The number of hydrogen-bond donors (Lipinski definition) is 1. The summed E-state index contributed by atoms with van der Waals surface area (Å²) >= 11 is 0. The maximum absolute atomic E-state index is 13.6. The van der Waals surface area contributed by atoms with Crippen molar-refractivity contribution in [3.63, 3.8) is 0 Å². The van der Waals surface area contributed by atoms with E-state index in [2.05, 4.69) is 20.1 Å². The van der Waals surface area contributed by atoms with Crippen molar-refractivity contribution in [2.24, 2.45) is 5.92 Å². The van der Waals surface area contributed by atoms with Crippen LogP contribution >= 0.6 is 0 Å². The summed E-state index contributed by atoms with van der Waals surface area (Å²) in [5, 5.41) is 2.66. The molecule has 0 unspecified atom stereocenters. The molecule has 0 spiro atoms. The number of amides is 1. The van der Waals surface area contributed by atoms with Crippen LogP contribution in [-0.2, 0) is 6.18 Å². The second-order valence-corrected chi connectivity index (χ2v) is 9.14. The molecule has 1 aromatic heterocycles. The third kappa shape index (κ3) is 6.05. The van der Waals surface area contributed by atoms with Gasteiger partial charge in [0, 0.05) is 24.8 Å². The minimum atomic E-state index is -4.88. The first-order chi connectivity index (χ1) is 16.3. The second-order valence-electron chi connectivity index (χ2n) is 9.14. The first-order valence-corrected chi connectivity index (χ1v) is 11.9. The molecule has 9 heteroatoms. The van der Waals surface area contributed by atoms with Gasteiger partial charge < -0.3 is 15.1 Å². The van der Waals surface area contributed by atoms with Crippen molar-refractivity contribution in [3.05, 3.63) is 53.5 Å². The molecule has 2 aromatic rings. The number of benzene rings is 1. The zero-order valence-corrected chi connectivity index (χ0v) is 19.1. The molecule has 0 radical (unpaired) electrons. The van der Waals surface area contributed by atoms with Gasteiger partial charge in [-0.3, -0.25) is 4.79 Å². The first kappa shape index (κ1) is 24.4. The summed E-state index contributed by atoms with van der Waals surface area (Å²) in [4.78, 5) is 21.8. The Morgan fingerprint density at radius 1 is 1.06 bits per heavy atom. The smallest absolute Gasteiger partial charge is 0.355 e. The molecule has 1 N–H and O–H groups in total. The number of likely N-dealkylation sites (tertiary alicyclic amines) is 1. The number of anilines is 2. The lowest BCUT2D eigenvalue weighted by atomic mass is 9.93. The van der Waals surface area contributed by atoms with E-state index in [0.29, 0.717) is 29.6 Å². The van der Waals surface area contributed by atoms with E-state index in [-0.39, 0.29) is 5.56 Å². The Labute approximate surface area is 197 Å². The number of alkyl halides is 3. The van der Waals surface area contributed by atoms with Gasteiger partial charge in [0.05, 0.1) is 11.3 Å². The number of hydrogen-bond acceptors (Lipinski definition) is 4. The highest BCUT2D eigenvalue weighted by Crippen LogP contribution is 2.33. The number of nitrogens with zero attached hydrogens (tertiary/aromatic N) is 3. The maximum Gasteiger partial charge on any atom is 0.419 e. The standard InChI is InChI=1S/C25H30F4N4O/c26-21-7-6-19(17-20(21)25(27,28)29)24(34)31-22-5-4-11-30-23(22)33-15-9-18(10-16-33)8-14-32-12-2-1-3-13-32/h4-7,11,17-18H,1-3,8-10,12-16H2,(H,31,34). The second kappa shape index (κ2) is 10.7. The zero-order valence-electron chi connectivity index (χ0n) is 19.1. The summed E-state index contributed by atoms with van der Waals surface area (Å²) in [5.41, 5.74) is -1.30. The largest absolute Gasteiger partial charge is 0.419 e. The van der Waals surface area contributed by atoms with Gasteiger partial charge in [0.1, 0.15) is 5.82 Å².